The lowest BCUT2D eigenvalue weighted by Gasteiger charge is -2.43. The first-order valence-corrected chi connectivity index (χ1v) is 10.2. The number of piperidine rings is 1. The van der Waals surface area contributed by atoms with Crippen molar-refractivity contribution in [1.82, 2.24) is 34.7 Å². The average molecular weight is 391 g/mol. The van der Waals surface area contributed by atoms with Gasteiger partial charge in [-0.2, -0.15) is 0 Å². The maximum atomic E-state index is 12.6. The molecule has 8 nitrogen and oxygen atoms in total. The molecule has 0 aromatic carbocycles. The number of imidazole rings is 2. The Labute approximate surface area is 169 Å². The number of pyridine rings is 1. The fraction of sp³-hybridized carbons (Fsp3) is 0.429. The van der Waals surface area contributed by atoms with Crippen LogP contribution in [0.3, 0.4) is 0 Å². The molecule has 1 saturated heterocycles. The summed E-state index contributed by atoms with van der Waals surface area (Å²) in [4.78, 5) is 36.3. The van der Waals surface area contributed by atoms with Crippen LogP contribution in [-0.4, -0.2) is 60.3 Å². The van der Waals surface area contributed by atoms with Crippen LogP contribution in [0.4, 0.5) is 0 Å². The highest BCUT2D eigenvalue weighted by atomic mass is 16.2. The van der Waals surface area contributed by atoms with E-state index in [2.05, 4.69) is 30.9 Å². The molecule has 8 heteroatoms. The molecule has 0 aliphatic carbocycles. The third-order valence-corrected chi connectivity index (χ3v) is 6.18. The number of hydrogen-bond donors (Lipinski definition) is 2. The SMILES string of the molecule is O=C(c1cnc[nH]1)N1CCC(C2c3nc[nH]c3CCN2Cc2cccnc2)CC1. The molecule has 3 aromatic heterocycles. The summed E-state index contributed by atoms with van der Waals surface area (Å²) in [6.07, 6.45) is 11.7. The Bertz CT molecular complexity index is 945. The Balaban J connectivity index is 1.33. The summed E-state index contributed by atoms with van der Waals surface area (Å²) in [6.45, 7) is 3.40. The summed E-state index contributed by atoms with van der Waals surface area (Å²) in [5.41, 5.74) is 4.23. The van der Waals surface area contributed by atoms with E-state index in [1.807, 2.05) is 29.7 Å². The van der Waals surface area contributed by atoms with Gasteiger partial charge in [-0.25, -0.2) is 9.97 Å². The van der Waals surface area contributed by atoms with Gasteiger partial charge in [-0.15, -0.1) is 0 Å². The molecule has 1 fully saturated rings. The highest BCUT2D eigenvalue weighted by Crippen LogP contribution is 2.39. The minimum absolute atomic E-state index is 0.0391. The lowest BCUT2D eigenvalue weighted by atomic mass is 9.83. The lowest BCUT2D eigenvalue weighted by Crippen LogP contribution is -2.45. The molecule has 1 unspecified atom stereocenters. The van der Waals surface area contributed by atoms with Gasteiger partial charge in [0.15, 0.2) is 0 Å². The predicted octanol–water partition coefficient (Wildman–Crippen LogP) is 2.18. The molecule has 0 bridgehead atoms. The summed E-state index contributed by atoms with van der Waals surface area (Å²) in [5, 5.41) is 0. The predicted molar refractivity (Wildman–Crippen MR) is 107 cm³/mol. The zero-order valence-electron chi connectivity index (χ0n) is 16.3. The molecule has 1 amide bonds. The third kappa shape index (κ3) is 3.55. The normalized spacial score (nSPS) is 20.6. The van der Waals surface area contributed by atoms with Crippen molar-refractivity contribution >= 4 is 5.91 Å². The third-order valence-electron chi connectivity index (χ3n) is 6.18. The van der Waals surface area contributed by atoms with Gasteiger partial charge < -0.3 is 14.9 Å². The number of nitrogens with zero attached hydrogens (tertiary/aromatic N) is 5. The maximum Gasteiger partial charge on any atom is 0.271 e. The number of rotatable bonds is 4. The van der Waals surface area contributed by atoms with Crippen LogP contribution in [0.2, 0.25) is 0 Å². The molecule has 0 saturated carbocycles. The first kappa shape index (κ1) is 18.1. The van der Waals surface area contributed by atoms with Crippen molar-refractivity contribution in [1.29, 1.82) is 0 Å². The molecule has 150 valence electrons. The van der Waals surface area contributed by atoms with E-state index in [-0.39, 0.29) is 11.9 Å². The number of aromatic amines is 2. The van der Waals surface area contributed by atoms with Gasteiger partial charge >= 0.3 is 0 Å². The van der Waals surface area contributed by atoms with Gasteiger partial charge in [-0.3, -0.25) is 14.7 Å². The van der Waals surface area contributed by atoms with Crippen molar-refractivity contribution in [3.8, 4) is 0 Å². The Morgan fingerprint density at radius 3 is 2.76 bits per heavy atom. The lowest BCUT2D eigenvalue weighted by molar-refractivity contribution is 0.0525. The van der Waals surface area contributed by atoms with Crippen LogP contribution >= 0.6 is 0 Å². The minimum atomic E-state index is 0.0391. The van der Waals surface area contributed by atoms with E-state index in [9.17, 15) is 4.79 Å². The fourth-order valence-corrected chi connectivity index (χ4v) is 4.74. The van der Waals surface area contributed by atoms with Crippen LogP contribution in [0.15, 0.2) is 43.4 Å². The van der Waals surface area contributed by atoms with E-state index in [0.29, 0.717) is 11.6 Å². The number of amides is 1. The van der Waals surface area contributed by atoms with Crippen LogP contribution < -0.4 is 0 Å². The van der Waals surface area contributed by atoms with E-state index in [1.54, 1.807) is 12.5 Å². The molecule has 3 aromatic rings. The number of H-pyrrole nitrogens is 2. The molecule has 29 heavy (non-hydrogen) atoms. The quantitative estimate of drug-likeness (QED) is 0.711. The molecule has 2 aliphatic rings. The second-order valence-corrected chi connectivity index (χ2v) is 7.89. The smallest absolute Gasteiger partial charge is 0.271 e. The van der Waals surface area contributed by atoms with Crippen molar-refractivity contribution < 1.29 is 4.79 Å². The van der Waals surface area contributed by atoms with Crippen molar-refractivity contribution in [3.05, 3.63) is 66.0 Å². The molecule has 1 atom stereocenters. The average Bonchev–Trinajstić information content (AvgIpc) is 3.46. The first-order valence-electron chi connectivity index (χ1n) is 10.2. The highest BCUT2D eigenvalue weighted by molar-refractivity contribution is 5.92. The van der Waals surface area contributed by atoms with E-state index >= 15 is 0 Å². The van der Waals surface area contributed by atoms with E-state index in [1.165, 1.54) is 17.0 Å². The summed E-state index contributed by atoms with van der Waals surface area (Å²) >= 11 is 0. The molecule has 5 rings (SSSR count). The van der Waals surface area contributed by atoms with Crippen LogP contribution in [-0.2, 0) is 13.0 Å². The number of hydrogen-bond acceptors (Lipinski definition) is 5. The van der Waals surface area contributed by atoms with E-state index in [0.717, 1.165) is 45.4 Å². The first-order chi connectivity index (χ1) is 14.3. The van der Waals surface area contributed by atoms with Gasteiger partial charge in [0.2, 0.25) is 0 Å². The van der Waals surface area contributed by atoms with Gasteiger partial charge in [-0.1, -0.05) is 6.07 Å². The molecule has 2 aliphatic heterocycles. The molecule has 5 heterocycles. The molecular formula is C21H25N7O. The number of nitrogens with one attached hydrogen (secondary N) is 2. The van der Waals surface area contributed by atoms with Gasteiger partial charge in [0.1, 0.15) is 5.69 Å². The van der Waals surface area contributed by atoms with Crippen LogP contribution in [0.25, 0.3) is 0 Å². The van der Waals surface area contributed by atoms with Crippen molar-refractivity contribution in [2.45, 2.75) is 31.8 Å². The van der Waals surface area contributed by atoms with Crippen LogP contribution in [0.1, 0.15) is 46.3 Å². The molecule has 0 radical (unpaired) electrons. The Morgan fingerprint density at radius 2 is 2.00 bits per heavy atom. The van der Waals surface area contributed by atoms with E-state index in [4.69, 9.17) is 4.98 Å². The highest BCUT2D eigenvalue weighted by Gasteiger charge is 2.38. The summed E-state index contributed by atoms with van der Waals surface area (Å²) in [7, 11) is 0. The standard InChI is InChI=1S/C21H25N7O/c29-21(18-11-23-13-24-18)27-7-3-16(4-8-27)20-19-17(25-14-26-19)5-9-28(20)12-15-2-1-6-22-10-15/h1-2,6,10-11,13-14,16,20H,3-5,7-9,12H2,(H,23,24)(H,25,26). The Morgan fingerprint density at radius 1 is 1.10 bits per heavy atom. The Hall–Kier alpha value is -3.00. The van der Waals surface area contributed by atoms with Crippen molar-refractivity contribution in [3.63, 3.8) is 0 Å². The van der Waals surface area contributed by atoms with Gasteiger partial charge in [0.25, 0.3) is 5.91 Å². The summed E-state index contributed by atoms with van der Waals surface area (Å²) in [5.74, 6) is 0.511. The van der Waals surface area contributed by atoms with Crippen LogP contribution in [0.5, 0.6) is 0 Å². The minimum Gasteiger partial charge on any atom is -0.348 e. The second-order valence-electron chi connectivity index (χ2n) is 7.89. The number of likely N-dealkylation sites (tertiary alicyclic amines) is 1. The molecular weight excluding hydrogens is 366 g/mol. The van der Waals surface area contributed by atoms with Crippen LogP contribution in [0, 0.1) is 5.92 Å². The topological polar surface area (TPSA) is 93.8 Å². The number of carbonyl (C=O) groups is 1. The fourth-order valence-electron chi connectivity index (χ4n) is 4.74. The van der Waals surface area contributed by atoms with Gasteiger partial charge in [-0.05, 0) is 30.4 Å². The second kappa shape index (κ2) is 7.79. The van der Waals surface area contributed by atoms with Crippen molar-refractivity contribution in [2.24, 2.45) is 5.92 Å². The van der Waals surface area contributed by atoms with E-state index < -0.39 is 0 Å². The maximum absolute atomic E-state index is 12.6. The van der Waals surface area contributed by atoms with Crippen molar-refractivity contribution in [2.75, 3.05) is 19.6 Å². The number of carbonyl (C=O) groups excluding carboxylic acids is 1. The summed E-state index contributed by atoms with van der Waals surface area (Å²) < 4.78 is 0. The zero-order valence-corrected chi connectivity index (χ0v) is 16.3. The monoisotopic (exact) mass is 391 g/mol. The molecule has 2 N–H and O–H groups in total. The summed E-state index contributed by atoms with van der Waals surface area (Å²) in [6, 6.07) is 4.40. The zero-order chi connectivity index (χ0) is 19.6. The Kier molecular flexibility index (Phi) is 4.85. The number of aromatic nitrogens is 5. The largest absolute Gasteiger partial charge is 0.348 e. The number of fused-ring (bicyclic) bond motifs is 1. The molecule has 0 spiro atoms. The van der Waals surface area contributed by atoms with Gasteiger partial charge in [0, 0.05) is 50.7 Å². The van der Waals surface area contributed by atoms with Gasteiger partial charge in [0.05, 0.1) is 30.6 Å².